The van der Waals surface area contributed by atoms with Crippen molar-refractivity contribution in [1.29, 1.82) is 0 Å². The van der Waals surface area contributed by atoms with Crippen LogP contribution in [0.3, 0.4) is 0 Å². The van der Waals surface area contributed by atoms with Crippen LogP contribution in [-0.2, 0) is 0 Å². The molecule has 1 heteroatoms. The molecule has 0 aromatic carbocycles. The fourth-order valence-electron chi connectivity index (χ4n) is 2.41. The minimum absolute atomic E-state index is 0.0943. The fourth-order valence-corrected chi connectivity index (χ4v) is 2.41. The average Bonchev–Trinajstić information content (AvgIpc) is 1.81. The average molecular weight is 185 g/mol. The van der Waals surface area contributed by atoms with Crippen LogP contribution < -0.4 is 5.73 Å². The molecule has 0 saturated heterocycles. The molecule has 0 rings (SSSR count). The second kappa shape index (κ2) is 5.64. The summed E-state index contributed by atoms with van der Waals surface area (Å²) in [5.74, 6) is 1.44. The molecule has 0 fully saturated rings. The van der Waals surface area contributed by atoms with Gasteiger partial charge in [-0.25, -0.2) is 0 Å². The van der Waals surface area contributed by atoms with E-state index in [0.29, 0.717) is 0 Å². The van der Waals surface area contributed by atoms with E-state index < -0.39 is 0 Å². The van der Waals surface area contributed by atoms with E-state index in [-0.39, 0.29) is 5.54 Å². The fraction of sp³-hybridized carbons (Fsp3) is 1.00. The number of hydrogen-bond acceptors (Lipinski definition) is 1. The van der Waals surface area contributed by atoms with Crippen molar-refractivity contribution in [2.24, 2.45) is 17.6 Å². The lowest BCUT2D eigenvalue weighted by Gasteiger charge is -2.32. The molecule has 1 nitrogen and oxygen atoms in total. The predicted octanol–water partition coefficient (Wildman–Crippen LogP) is 3.58. The third-order valence-electron chi connectivity index (χ3n) is 2.38. The van der Waals surface area contributed by atoms with Gasteiger partial charge in [0.05, 0.1) is 0 Å². The van der Waals surface area contributed by atoms with Gasteiger partial charge in [0.1, 0.15) is 0 Å². The van der Waals surface area contributed by atoms with Crippen molar-refractivity contribution in [3.63, 3.8) is 0 Å². The van der Waals surface area contributed by atoms with E-state index in [9.17, 15) is 0 Å². The SMILES string of the molecule is CCCC(N)(CC(C)C)CC(C)C. The molecule has 0 bridgehead atoms. The molecule has 0 aromatic rings. The Morgan fingerprint density at radius 2 is 1.38 bits per heavy atom. The van der Waals surface area contributed by atoms with Gasteiger partial charge in [-0.3, -0.25) is 0 Å². The predicted molar refractivity (Wildman–Crippen MR) is 60.7 cm³/mol. The van der Waals surface area contributed by atoms with E-state index in [1.54, 1.807) is 0 Å². The summed E-state index contributed by atoms with van der Waals surface area (Å²) in [6, 6.07) is 0. The molecule has 0 amide bonds. The van der Waals surface area contributed by atoms with Crippen molar-refractivity contribution in [3.8, 4) is 0 Å². The summed E-state index contributed by atoms with van der Waals surface area (Å²) in [5.41, 5.74) is 6.50. The van der Waals surface area contributed by atoms with Gasteiger partial charge in [0.2, 0.25) is 0 Å². The molecule has 13 heavy (non-hydrogen) atoms. The largest absolute Gasteiger partial charge is 0.325 e. The first kappa shape index (κ1) is 13.0. The van der Waals surface area contributed by atoms with Gasteiger partial charge < -0.3 is 5.73 Å². The molecule has 0 radical (unpaired) electrons. The van der Waals surface area contributed by atoms with Gasteiger partial charge in [-0.1, -0.05) is 41.0 Å². The van der Waals surface area contributed by atoms with Gasteiger partial charge in [-0.2, -0.15) is 0 Å². The lowest BCUT2D eigenvalue weighted by Crippen LogP contribution is -2.42. The highest BCUT2D eigenvalue weighted by Crippen LogP contribution is 2.26. The Bertz CT molecular complexity index is 117. The lowest BCUT2D eigenvalue weighted by molar-refractivity contribution is 0.265. The molecule has 0 saturated carbocycles. The van der Waals surface area contributed by atoms with Crippen molar-refractivity contribution >= 4 is 0 Å². The summed E-state index contributed by atoms with van der Waals surface area (Å²) in [6.07, 6.45) is 4.71. The van der Waals surface area contributed by atoms with Crippen molar-refractivity contribution in [3.05, 3.63) is 0 Å². The second-order valence-corrected chi connectivity index (χ2v) is 5.31. The summed E-state index contributed by atoms with van der Waals surface area (Å²) in [6.45, 7) is 11.3. The van der Waals surface area contributed by atoms with Crippen LogP contribution in [0.25, 0.3) is 0 Å². The summed E-state index contributed by atoms with van der Waals surface area (Å²) in [5, 5.41) is 0. The van der Waals surface area contributed by atoms with E-state index in [0.717, 1.165) is 11.8 Å². The third kappa shape index (κ3) is 6.09. The van der Waals surface area contributed by atoms with Crippen LogP contribution >= 0.6 is 0 Å². The van der Waals surface area contributed by atoms with E-state index in [1.807, 2.05) is 0 Å². The molecule has 0 heterocycles. The second-order valence-electron chi connectivity index (χ2n) is 5.31. The number of nitrogens with two attached hydrogens (primary N) is 1. The van der Waals surface area contributed by atoms with Crippen molar-refractivity contribution < 1.29 is 0 Å². The monoisotopic (exact) mass is 185 g/mol. The van der Waals surface area contributed by atoms with E-state index >= 15 is 0 Å². The van der Waals surface area contributed by atoms with Gasteiger partial charge in [0, 0.05) is 5.54 Å². The molecular weight excluding hydrogens is 158 g/mol. The lowest BCUT2D eigenvalue weighted by atomic mass is 9.80. The highest BCUT2D eigenvalue weighted by molar-refractivity contribution is 4.85. The van der Waals surface area contributed by atoms with E-state index in [2.05, 4.69) is 34.6 Å². The van der Waals surface area contributed by atoms with Crippen LogP contribution in [0.15, 0.2) is 0 Å². The molecule has 0 spiro atoms. The van der Waals surface area contributed by atoms with Crippen LogP contribution in [0.5, 0.6) is 0 Å². The summed E-state index contributed by atoms with van der Waals surface area (Å²) in [7, 11) is 0. The van der Waals surface area contributed by atoms with Crippen LogP contribution in [-0.4, -0.2) is 5.54 Å². The molecular formula is C12H27N. The molecule has 2 N–H and O–H groups in total. The first-order chi connectivity index (χ1) is 5.89. The molecule has 0 unspecified atom stereocenters. The zero-order chi connectivity index (χ0) is 10.5. The van der Waals surface area contributed by atoms with Crippen molar-refractivity contribution in [1.82, 2.24) is 0 Å². The maximum atomic E-state index is 6.41. The van der Waals surface area contributed by atoms with Crippen molar-refractivity contribution in [2.75, 3.05) is 0 Å². The normalized spacial score (nSPS) is 12.9. The molecule has 0 atom stereocenters. The Morgan fingerprint density at radius 3 is 1.62 bits per heavy atom. The minimum atomic E-state index is 0.0943. The summed E-state index contributed by atoms with van der Waals surface area (Å²) in [4.78, 5) is 0. The summed E-state index contributed by atoms with van der Waals surface area (Å²) < 4.78 is 0. The molecule has 0 aliphatic heterocycles. The maximum Gasteiger partial charge on any atom is 0.0159 e. The first-order valence-corrected chi connectivity index (χ1v) is 5.68. The van der Waals surface area contributed by atoms with E-state index in [1.165, 1.54) is 25.7 Å². The van der Waals surface area contributed by atoms with E-state index in [4.69, 9.17) is 5.73 Å². The zero-order valence-electron chi connectivity index (χ0n) is 10.1. The zero-order valence-corrected chi connectivity index (χ0v) is 10.1. The van der Waals surface area contributed by atoms with Crippen LogP contribution in [0, 0.1) is 11.8 Å². The van der Waals surface area contributed by atoms with Crippen LogP contribution in [0.4, 0.5) is 0 Å². The van der Waals surface area contributed by atoms with Gasteiger partial charge in [0.15, 0.2) is 0 Å². The number of rotatable bonds is 6. The molecule has 0 aliphatic rings. The number of hydrogen-bond donors (Lipinski definition) is 1. The van der Waals surface area contributed by atoms with Gasteiger partial charge in [-0.05, 0) is 31.1 Å². The Balaban J connectivity index is 4.15. The standard InChI is InChI=1S/C12H27N/c1-6-7-12(13,8-10(2)3)9-11(4)5/h10-11H,6-9,13H2,1-5H3. The third-order valence-corrected chi connectivity index (χ3v) is 2.38. The molecule has 80 valence electrons. The Morgan fingerprint density at radius 1 is 1.00 bits per heavy atom. The van der Waals surface area contributed by atoms with Crippen molar-refractivity contribution in [2.45, 2.75) is 65.8 Å². The minimum Gasteiger partial charge on any atom is -0.325 e. The highest BCUT2D eigenvalue weighted by atomic mass is 14.7. The topological polar surface area (TPSA) is 26.0 Å². The quantitative estimate of drug-likeness (QED) is 0.672. The summed E-state index contributed by atoms with van der Waals surface area (Å²) >= 11 is 0. The highest BCUT2D eigenvalue weighted by Gasteiger charge is 2.25. The Hall–Kier alpha value is -0.0400. The maximum absolute atomic E-state index is 6.41. The Labute approximate surface area is 84.1 Å². The van der Waals surface area contributed by atoms with Gasteiger partial charge in [0.25, 0.3) is 0 Å². The van der Waals surface area contributed by atoms with Gasteiger partial charge in [-0.15, -0.1) is 0 Å². The molecule has 0 aromatic heterocycles. The smallest absolute Gasteiger partial charge is 0.0159 e. The molecule has 0 aliphatic carbocycles. The van der Waals surface area contributed by atoms with Crippen LogP contribution in [0.2, 0.25) is 0 Å². The first-order valence-electron chi connectivity index (χ1n) is 5.68. The Kier molecular flexibility index (Phi) is 5.62. The van der Waals surface area contributed by atoms with Crippen LogP contribution in [0.1, 0.15) is 60.3 Å². The van der Waals surface area contributed by atoms with Gasteiger partial charge >= 0.3 is 0 Å².